The van der Waals surface area contributed by atoms with Crippen LogP contribution >= 0.6 is 0 Å². The van der Waals surface area contributed by atoms with Crippen molar-refractivity contribution in [1.29, 1.82) is 0 Å². The number of aryl methyl sites for hydroxylation is 2. The highest BCUT2D eigenvalue weighted by atomic mass is 16.5. The molecule has 3 heterocycles. The summed E-state index contributed by atoms with van der Waals surface area (Å²) in [6, 6.07) is 0. The van der Waals surface area contributed by atoms with E-state index in [1.807, 2.05) is 18.7 Å². The van der Waals surface area contributed by atoms with Crippen LogP contribution in [0.3, 0.4) is 0 Å². The largest absolute Gasteiger partial charge is 0.369 e. The third kappa shape index (κ3) is 4.03. The molecule has 2 N–H and O–H groups in total. The van der Waals surface area contributed by atoms with Gasteiger partial charge in [-0.3, -0.25) is 14.5 Å². The fourth-order valence-electron chi connectivity index (χ4n) is 3.93. The van der Waals surface area contributed by atoms with Crippen LogP contribution in [0.25, 0.3) is 0 Å². The first-order chi connectivity index (χ1) is 12.0. The molecule has 2 aliphatic heterocycles. The molecule has 0 spiro atoms. The molecule has 0 saturated carbocycles. The quantitative estimate of drug-likeness (QED) is 0.883. The van der Waals surface area contributed by atoms with Crippen molar-refractivity contribution < 1.29 is 14.1 Å². The number of hydrogen-bond acceptors (Lipinski definition) is 5. The maximum absolute atomic E-state index is 12.7. The first-order valence-electron chi connectivity index (χ1n) is 9.18. The lowest BCUT2D eigenvalue weighted by molar-refractivity contribution is -0.140. The lowest BCUT2D eigenvalue weighted by Crippen LogP contribution is -2.46. The van der Waals surface area contributed by atoms with E-state index in [4.69, 9.17) is 10.3 Å². The minimum absolute atomic E-state index is 0.0686. The topological polar surface area (TPSA) is 92.7 Å². The summed E-state index contributed by atoms with van der Waals surface area (Å²) >= 11 is 0. The van der Waals surface area contributed by atoms with Gasteiger partial charge in [0.2, 0.25) is 11.8 Å². The Labute approximate surface area is 148 Å². The Bertz CT molecular complexity index is 607. The smallest absolute Gasteiger partial charge is 0.225 e. The van der Waals surface area contributed by atoms with Crippen LogP contribution in [0, 0.1) is 25.7 Å². The van der Waals surface area contributed by atoms with E-state index in [2.05, 4.69) is 10.1 Å². The second kappa shape index (κ2) is 7.56. The molecular weight excluding hydrogens is 320 g/mol. The number of aromatic nitrogens is 1. The Morgan fingerprint density at radius 2 is 1.68 bits per heavy atom. The van der Waals surface area contributed by atoms with Crippen molar-refractivity contribution in [3.05, 3.63) is 17.0 Å². The van der Waals surface area contributed by atoms with Crippen molar-refractivity contribution in [3.63, 3.8) is 0 Å². The van der Waals surface area contributed by atoms with Crippen molar-refractivity contribution in [2.45, 2.75) is 46.1 Å². The zero-order valence-corrected chi connectivity index (χ0v) is 15.2. The van der Waals surface area contributed by atoms with Gasteiger partial charge in [-0.2, -0.15) is 0 Å². The molecule has 0 unspecified atom stereocenters. The van der Waals surface area contributed by atoms with Crippen molar-refractivity contribution in [1.82, 2.24) is 15.0 Å². The molecule has 1 aromatic rings. The SMILES string of the molecule is Cc1noc(C)c1CN1CCC(C(=O)N2CCC(C(N)=O)CC2)CC1. The van der Waals surface area contributed by atoms with Gasteiger partial charge in [-0.05, 0) is 52.6 Å². The predicted octanol–water partition coefficient (Wildman–Crippen LogP) is 1.23. The molecule has 2 saturated heterocycles. The van der Waals surface area contributed by atoms with E-state index in [9.17, 15) is 9.59 Å². The van der Waals surface area contributed by atoms with Gasteiger partial charge < -0.3 is 15.2 Å². The maximum atomic E-state index is 12.7. The number of hydrogen-bond donors (Lipinski definition) is 1. The second-order valence-electron chi connectivity index (χ2n) is 7.36. The van der Waals surface area contributed by atoms with Gasteiger partial charge in [0.1, 0.15) is 5.76 Å². The number of piperidine rings is 2. The van der Waals surface area contributed by atoms with E-state index in [1.54, 1.807) is 0 Å². The molecule has 3 rings (SSSR count). The fourth-order valence-corrected chi connectivity index (χ4v) is 3.93. The third-order valence-corrected chi connectivity index (χ3v) is 5.71. The van der Waals surface area contributed by atoms with E-state index >= 15 is 0 Å². The van der Waals surface area contributed by atoms with Crippen molar-refractivity contribution in [3.8, 4) is 0 Å². The minimum atomic E-state index is -0.236. The summed E-state index contributed by atoms with van der Waals surface area (Å²) in [7, 11) is 0. The first kappa shape index (κ1) is 17.9. The molecule has 2 amide bonds. The second-order valence-corrected chi connectivity index (χ2v) is 7.36. The summed E-state index contributed by atoms with van der Waals surface area (Å²) in [5.41, 5.74) is 7.48. The molecule has 0 atom stereocenters. The number of amides is 2. The first-order valence-corrected chi connectivity index (χ1v) is 9.18. The monoisotopic (exact) mass is 348 g/mol. The maximum Gasteiger partial charge on any atom is 0.225 e. The zero-order valence-electron chi connectivity index (χ0n) is 15.2. The molecule has 2 fully saturated rings. The van der Waals surface area contributed by atoms with E-state index in [0.29, 0.717) is 25.9 Å². The molecule has 7 heteroatoms. The van der Waals surface area contributed by atoms with Gasteiger partial charge in [0.25, 0.3) is 0 Å². The summed E-state index contributed by atoms with van der Waals surface area (Å²) in [6.45, 7) is 7.90. The van der Waals surface area contributed by atoms with Gasteiger partial charge in [0, 0.05) is 37.0 Å². The number of carbonyl (C=O) groups is 2. The average Bonchev–Trinajstić information content (AvgIpc) is 2.94. The van der Waals surface area contributed by atoms with Gasteiger partial charge in [-0.25, -0.2) is 0 Å². The minimum Gasteiger partial charge on any atom is -0.369 e. The molecule has 2 aliphatic rings. The van der Waals surface area contributed by atoms with Crippen molar-refractivity contribution in [2.75, 3.05) is 26.2 Å². The lowest BCUT2D eigenvalue weighted by atomic mass is 9.91. The van der Waals surface area contributed by atoms with Crippen LogP contribution in [0.5, 0.6) is 0 Å². The van der Waals surface area contributed by atoms with Crippen LogP contribution in [0.1, 0.15) is 42.7 Å². The van der Waals surface area contributed by atoms with Gasteiger partial charge in [-0.1, -0.05) is 5.16 Å². The number of primary amides is 1. The zero-order chi connectivity index (χ0) is 18.0. The fraction of sp³-hybridized carbons (Fsp3) is 0.722. The summed E-state index contributed by atoms with van der Waals surface area (Å²) in [5, 5.41) is 4.01. The van der Waals surface area contributed by atoms with E-state index in [0.717, 1.165) is 43.9 Å². The summed E-state index contributed by atoms with van der Waals surface area (Å²) < 4.78 is 5.23. The summed E-state index contributed by atoms with van der Waals surface area (Å²) in [4.78, 5) is 28.3. The van der Waals surface area contributed by atoms with Crippen molar-refractivity contribution in [2.24, 2.45) is 17.6 Å². The average molecular weight is 348 g/mol. The van der Waals surface area contributed by atoms with Crippen LogP contribution in [-0.4, -0.2) is 52.9 Å². The molecule has 0 aliphatic carbocycles. The Morgan fingerprint density at radius 1 is 1.08 bits per heavy atom. The molecule has 138 valence electrons. The number of nitrogens with two attached hydrogens (primary N) is 1. The highest BCUT2D eigenvalue weighted by Gasteiger charge is 2.32. The Hall–Kier alpha value is -1.89. The highest BCUT2D eigenvalue weighted by Crippen LogP contribution is 2.25. The van der Waals surface area contributed by atoms with Crippen LogP contribution in [0.15, 0.2) is 4.52 Å². The number of rotatable bonds is 4. The standard InChI is InChI=1S/C18H28N4O3/c1-12-16(13(2)25-20-12)11-21-7-3-15(4-8-21)18(24)22-9-5-14(6-10-22)17(19)23/h14-15H,3-11H2,1-2H3,(H2,19,23). The van der Waals surface area contributed by atoms with E-state index in [-0.39, 0.29) is 23.7 Å². The van der Waals surface area contributed by atoms with Crippen LogP contribution in [-0.2, 0) is 16.1 Å². The van der Waals surface area contributed by atoms with Crippen LogP contribution in [0.4, 0.5) is 0 Å². The molecule has 0 radical (unpaired) electrons. The molecular formula is C18H28N4O3. The van der Waals surface area contributed by atoms with Crippen LogP contribution < -0.4 is 5.73 Å². The predicted molar refractivity (Wildman–Crippen MR) is 92.5 cm³/mol. The normalized spacial score (nSPS) is 20.8. The Morgan fingerprint density at radius 3 is 2.20 bits per heavy atom. The lowest BCUT2D eigenvalue weighted by Gasteiger charge is -2.36. The number of nitrogens with zero attached hydrogens (tertiary/aromatic N) is 3. The van der Waals surface area contributed by atoms with Gasteiger partial charge >= 0.3 is 0 Å². The van der Waals surface area contributed by atoms with Gasteiger partial charge in [0.15, 0.2) is 0 Å². The van der Waals surface area contributed by atoms with Gasteiger partial charge in [-0.15, -0.1) is 0 Å². The van der Waals surface area contributed by atoms with E-state index < -0.39 is 0 Å². The van der Waals surface area contributed by atoms with E-state index in [1.165, 1.54) is 5.56 Å². The molecule has 25 heavy (non-hydrogen) atoms. The Balaban J connectivity index is 1.47. The molecule has 0 aromatic carbocycles. The molecule has 1 aromatic heterocycles. The number of carbonyl (C=O) groups excluding carboxylic acids is 2. The van der Waals surface area contributed by atoms with Gasteiger partial charge in [0.05, 0.1) is 5.69 Å². The number of likely N-dealkylation sites (tertiary alicyclic amines) is 2. The molecule has 7 nitrogen and oxygen atoms in total. The summed E-state index contributed by atoms with van der Waals surface area (Å²) in [6.07, 6.45) is 3.17. The molecule has 0 bridgehead atoms. The van der Waals surface area contributed by atoms with Crippen molar-refractivity contribution >= 4 is 11.8 Å². The third-order valence-electron chi connectivity index (χ3n) is 5.71. The highest BCUT2D eigenvalue weighted by molar-refractivity contribution is 5.80. The Kier molecular flexibility index (Phi) is 5.42. The summed E-state index contributed by atoms with van der Waals surface area (Å²) in [5.74, 6) is 0.930. The van der Waals surface area contributed by atoms with Crippen LogP contribution in [0.2, 0.25) is 0 Å².